The fraction of sp³-hybridized carbons (Fsp3) is 0.692. The molecule has 4 heteroatoms. The predicted octanol–water partition coefficient (Wildman–Crippen LogP) is 3.18. The summed E-state index contributed by atoms with van der Waals surface area (Å²) in [4.78, 5) is 12.2. The average Bonchev–Trinajstić information content (AvgIpc) is 2.57. The van der Waals surface area contributed by atoms with Crippen LogP contribution in [0.3, 0.4) is 0 Å². The summed E-state index contributed by atoms with van der Waals surface area (Å²) in [5.74, 6) is 0.666. The van der Waals surface area contributed by atoms with E-state index in [2.05, 4.69) is 21.0 Å². The Morgan fingerprint density at radius 1 is 1.41 bits per heavy atom. The molecule has 1 saturated carbocycles. The molecular formula is C13H19BrN2O. The van der Waals surface area contributed by atoms with Crippen LogP contribution in [0.5, 0.6) is 0 Å². The minimum absolute atomic E-state index is 0.283. The highest BCUT2D eigenvalue weighted by Crippen LogP contribution is 2.27. The molecule has 0 atom stereocenters. The van der Waals surface area contributed by atoms with E-state index in [0.717, 1.165) is 28.7 Å². The van der Waals surface area contributed by atoms with E-state index >= 15 is 0 Å². The Kier molecular flexibility index (Phi) is 4.02. The van der Waals surface area contributed by atoms with Crippen LogP contribution in [0.25, 0.3) is 0 Å². The summed E-state index contributed by atoms with van der Waals surface area (Å²) in [7, 11) is 1.90. The van der Waals surface area contributed by atoms with Crippen LogP contribution in [0.2, 0.25) is 0 Å². The number of aromatic nitrogens is 2. The summed E-state index contributed by atoms with van der Waals surface area (Å²) in [6.07, 6.45) is 6.38. The van der Waals surface area contributed by atoms with Crippen LogP contribution >= 0.6 is 15.9 Å². The fourth-order valence-corrected chi connectivity index (χ4v) is 3.08. The number of nitrogens with zero attached hydrogens (tertiary/aromatic N) is 2. The summed E-state index contributed by atoms with van der Waals surface area (Å²) in [5.41, 5.74) is 1.97. The zero-order valence-electron chi connectivity index (χ0n) is 10.5. The molecule has 0 spiro atoms. The van der Waals surface area contributed by atoms with Crippen LogP contribution in [0, 0.1) is 12.8 Å². The number of carbonyl (C=O) groups excluding carboxylic acids is 1. The molecule has 0 amide bonds. The van der Waals surface area contributed by atoms with Crippen molar-refractivity contribution in [1.82, 2.24) is 9.78 Å². The van der Waals surface area contributed by atoms with Gasteiger partial charge in [-0.25, -0.2) is 0 Å². The first-order valence-electron chi connectivity index (χ1n) is 6.30. The van der Waals surface area contributed by atoms with Crippen molar-refractivity contribution in [3.8, 4) is 0 Å². The van der Waals surface area contributed by atoms with Gasteiger partial charge < -0.3 is 0 Å². The van der Waals surface area contributed by atoms with Crippen molar-refractivity contribution in [2.45, 2.75) is 45.4 Å². The van der Waals surface area contributed by atoms with Gasteiger partial charge in [-0.2, -0.15) is 5.10 Å². The van der Waals surface area contributed by atoms with Crippen LogP contribution < -0.4 is 0 Å². The van der Waals surface area contributed by atoms with E-state index in [1.54, 1.807) is 0 Å². The SMILES string of the molecule is Cc1nn(C)c(CC(=O)C2CCCCC2)c1Br. The zero-order chi connectivity index (χ0) is 12.4. The maximum atomic E-state index is 12.2. The molecule has 1 heterocycles. The minimum atomic E-state index is 0.283. The molecular weight excluding hydrogens is 280 g/mol. The molecule has 94 valence electrons. The second-order valence-corrected chi connectivity index (χ2v) is 5.74. The van der Waals surface area contributed by atoms with Gasteiger partial charge >= 0.3 is 0 Å². The quantitative estimate of drug-likeness (QED) is 0.859. The Bertz CT molecular complexity index is 419. The lowest BCUT2D eigenvalue weighted by Gasteiger charge is -2.20. The largest absolute Gasteiger partial charge is 0.299 e. The van der Waals surface area contributed by atoms with Gasteiger partial charge in [0.1, 0.15) is 5.78 Å². The Morgan fingerprint density at radius 2 is 2.06 bits per heavy atom. The molecule has 2 rings (SSSR count). The number of ketones is 1. The summed E-state index contributed by atoms with van der Waals surface area (Å²) in [6.45, 7) is 1.96. The first kappa shape index (κ1) is 12.8. The fourth-order valence-electron chi connectivity index (χ4n) is 2.61. The number of carbonyl (C=O) groups is 1. The Labute approximate surface area is 111 Å². The van der Waals surface area contributed by atoms with Gasteiger partial charge in [-0.1, -0.05) is 19.3 Å². The number of hydrogen-bond acceptors (Lipinski definition) is 2. The number of rotatable bonds is 3. The lowest BCUT2D eigenvalue weighted by Crippen LogP contribution is -2.20. The number of Topliss-reactive ketones (excluding diaryl/α,β-unsaturated/α-hetero) is 1. The van der Waals surface area contributed by atoms with E-state index < -0.39 is 0 Å². The van der Waals surface area contributed by atoms with Crippen LogP contribution in [0.4, 0.5) is 0 Å². The van der Waals surface area contributed by atoms with Gasteiger partial charge in [0.15, 0.2) is 0 Å². The summed E-state index contributed by atoms with van der Waals surface area (Å²) >= 11 is 3.52. The van der Waals surface area contributed by atoms with Crippen LogP contribution in [-0.2, 0) is 18.3 Å². The monoisotopic (exact) mass is 298 g/mol. The molecule has 17 heavy (non-hydrogen) atoms. The molecule has 1 fully saturated rings. The topological polar surface area (TPSA) is 34.9 Å². The molecule has 3 nitrogen and oxygen atoms in total. The predicted molar refractivity (Wildman–Crippen MR) is 70.9 cm³/mol. The highest BCUT2D eigenvalue weighted by molar-refractivity contribution is 9.10. The maximum absolute atomic E-state index is 12.2. The lowest BCUT2D eigenvalue weighted by molar-refractivity contribution is -0.123. The highest BCUT2D eigenvalue weighted by Gasteiger charge is 2.23. The Morgan fingerprint density at radius 3 is 2.59 bits per heavy atom. The third kappa shape index (κ3) is 2.79. The van der Waals surface area contributed by atoms with E-state index in [1.165, 1.54) is 19.3 Å². The normalized spacial score (nSPS) is 17.4. The van der Waals surface area contributed by atoms with Gasteiger partial charge in [-0.05, 0) is 35.7 Å². The Hall–Kier alpha value is -0.640. The van der Waals surface area contributed by atoms with Gasteiger partial charge in [-0.3, -0.25) is 9.48 Å². The second kappa shape index (κ2) is 5.34. The summed E-state index contributed by atoms with van der Waals surface area (Å²) in [6, 6.07) is 0. The summed E-state index contributed by atoms with van der Waals surface area (Å²) < 4.78 is 2.81. The molecule has 1 aromatic heterocycles. The van der Waals surface area contributed by atoms with Gasteiger partial charge in [-0.15, -0.1) is 0 Å². The third-order valence-corrected chi connectivity index (χ3v) is 4.70. The molecule has 0 aromatic carbocycles. The van der Waals surface area contributed by atoms with Crippen molar-refractivity contribution in [3.05, 3.63) is 15.9 Å². The number of halogens is 1. The van der Waals surface area contributed by atoms with Crippen molar-refractivity contribution in [1.29, 1.82) is 0 Å². The first-order chi connectivity index (χ1) is 8.09. The second-order valence-electron chi connectivity index (χ2n) is 4.95. The zero-order valence-corrected chi connectivity index (χ0v) is 12.1. The molecule has 0 saturated heterocycles. The van der Waals surface area contributed by atoms with E-state index in [4.69, 9.17) is 0 Å². The number of aryl methyl sites for hydroxylation is 2. The molecule has 1 aromatic rings. The minimum Gasteiger partial charge on any atom is -0.299 e. The highest BCUT2D eigenvalue weighted by atomic mass is 79.9. The number of hydrogen-bond donors (Lipinski definition) is 0. The molecule has 1 aliphatic rings. The van der Waals surface area contributed by atoms with Crippen molar-refractivity contribution < 1.29 is 4.79 Å². The lowest BCUT2D eigenvalue weighted by atomic mass is 9.85. The summed E-state index contributed by atoms with van der Waals surface area (Å²) in [5, 5.41) is 4.33. The van der Waals surface area contributed by atoms with Crippen LogP contribution in [-0.4, -0.2) is 15.6 Å². The van der Waals surface area contributed by atoms with Gasteiger partial charge in [0.2, 0.25) is 0 Å². The first-order valence-corrected chi connectivity index (χ1v) is 7.09. The van der Waals surface area contributed by atoms with E-state index in [0.29, 0.717) is 12.2 Å². The molecule has 0 aliphatic heterocycles. The van der Waals surface area contributed by atoms with Crippen molar-refractivity contribution in [2.75, 3.05) is 0 Å². The smallest absolute Gasteiger partial charge is 0.141 e. The van der Waals surface area contributed by atoms with Crippen LogP contribution in [0.1, 0.15) is 43.5 Å². The van der Waals surface area contributed by atoms with Crippen LogP contribution in [0.15, 0.2) is 4.47 Å². The molecule has 0 unspecified atom stereocenters. The Balaban J connectivity index is 2.07. The van der Waals surface area contributed by atoms with E-state index in [9.17, 15) is 4.79 Å². The third-order valence-electron chi connectivity index (χ3n) is 3.66. The molecule has 0 bridgehead atoms. The van der Waals surface area contributed by atoms with E-state index in [1.807, 2.05) is 18.7 Å². The van der Waals surface area contributed by atoms with Gasteiger partial charge in [0.05, 0.1) is 15.9 Å². The van der Waals surface area contributed by atoms with Crippen molar-refractivity contribution in [2.24, 2.45) is 13.0 Å². The average molecular weight is 299 g/mol. The molecule has 0 N–H and O–H groups in total. The van der Waals surface area contributed by atoms with Gasteiger partial charge in [0, 0.05) is 19.4 Å². The standard InChI is InChI=1S/C13H19BrN2O/c1-9-13(14)11(16(2)15-9)8-12(17)10-6-4-3-5-7-10/h10H,3-8H2,1-2H3. The molecule has 1 aliphatic carbocycles. The van der Waals surface area contributed by atoms with Crippen molar-refractivity contribution >= 4 is 21.7 Å². The van der Waals surface area contributed by atoms with E-state index in [-0.39, 0.29) is 5.92 Å². The van der Waals surface area contributed by atoms with Crippen molar-refractivity contribution in [3.63, 3.8) is 0 Å². The maximum Gasteiger partial charge on any atom is 0.141 e. The van der Waals surface area contributed by atoms with Gasteiger partial charge in [0.25, 0.3) is 0 Å². The molecule has 0 radical (unpaired) electrons.